The van der Waals surface area contributed by atoms with Gasteiger partial charge in [-0.25, -0.2) is 0 Å². The Morgan fingerprint density at radius 3 is 2.94 bits per heavy atom. The van der Waals surface area contributed by atoms with Crippen LogP contribution in [-0.2, 0) is 4.74 Å². The van der Waals surface area contributed by atoms with Crippen molar-refractivity contribution in [2.45, 2.75) is 70.1 Å². The number of nitrogens with one attached hydrogen (secondary N) is 1. The van der Waals surface area contributed by atoms with E-state index in [-0.39, 0.29) is 0 Å². The topological polar surface area (TPSA) is 21.3 Å². The molecule has 2 heterocycles. The molecular formula is C15H25NO. The van der Waals surface area contributed by atoms with E-state index in [2.05, 4.69) is 18.3 Å². The van der Waals surface area contributed by atoms with E-state index >= 15 is 0 Å². The minimum atomic E-state index is 0.548. The van der Waals surface area contributed by atoms with Crippen molar-refractivity contribution in [3.8, 4) is 0 Å². The quantitative estimate of drug-likeness (QED) is 0.756. The number of fused-ring (bicyclic) bond motifs is 2. The fourth-order valence-electron chi connectivity index (χ4n) is 3.95. The highest BCUT2D eigenvalue weighted by Crippen LogP contribution is 2.42. The molecule has 17 heavy (non-hydrogen) atoms. The first-order chi connectivity index (χ1) is 8.38. The van der Waals surface area contributed by atoms with Crippen LogP contribution in [0.4, 0.5) is 0 Å². The molecule has 0 amide bonds. The molecule has 2 fully saturated rings. The fraction of sp³-hybridized carbons (Fsp3) is 0.867. The molecule has 1 aliphatic carbocycles. The number of rotatable bonds is 4. The van der Waals surface area contributed by atoms with Crippen molar-refractivity contribution in [2.24, 2.45) is 5.92 Å². The van der Waals surface area contributed by atoms with Gasteiger partial charge in [-0.3, -0.25) is 0 Å². The molecule has 3 aliphatic rings. The molecule has 2 saturated heterocycles. The molecule has 2 nitrogen and oxygen atoms in total. The van der Waals surface area contributed by atoms with Crippen molar-refractivity contribution in [3.05, 3.63) is 11.6 Å². The largest absolute Gasteiger partial charge is 0.375 e. The summed E-state index contributed by atoms with van der Waals surface area (Å²) >= 11 is 0. The number of hydrogen-bond donors (Lipinski definition) is 1. The van der Waals surface area contributed by atoms with Gasteiger partial charge in [-0.2, -0.15) is 0 Å². The summed E-state index contributed by atoms with van der Waals surface area (Å²) in [5.41, 5.74) is 1.68. The molecule has 1 N–H and O–H groups in total. The number of ether oxygens (including phenoxy) is 1. The summed E-state index contributed by atoms with van der Waals surface area (Å²) in [7, 11) is 0. The average Bonchev–Trinajstić information content (AvgIpc) is 2.99. The molecule has 0 aromatic carbocycles. The first kappa shape index (κ1) is 11.7. The SMILES string of the molecule is CCNC(C1=CCCCC1)C1CC2CCC1O2. The highest BCUT2D eigenvalue weighted by atomic mass is 16.5. The Morgan fingerprint density at radius 1 is 1.41 bits per heavy atom. The van der Waals surface area contributed by atoms with Gasteiger partial charge in [0.05, 0.1) is 12.2 Å². The molecule has 2 aliphatic heterocycles. The Bertz CT molecular complexity index is 299. The normalized spacial score (nSPS) is 38.2. The van der Waals surface area contributed by atoms with Crippen LogP contribution in [0.25, 0.3) is 0 Å². The summed E-state index contributed by atoms with van der Waals surface area (Å²) in [5, 5.41) is 3.73. The second kappa shape index (κ2) is 5.11. The van der Waals surface area contributed by atoms with Crippen LogP contribution in [-0.4, -0.2) is 24.8 Å². The maximum Gasteiger partial charge on any atom is 0.0627 e. The third-order valence-electron chi connectivity index (χ3n) is 4.73. The van der Waals surface area contributed by atoms with Gasteiger partial charge >= 0.3 is 0 Å². The second-order valence-corrected chi connectivity index (χ2v) is 5.83. The monoisotopic (exact) mass is 235 g/mol. The van der Waals surface area contributed by atoms with E-state index in [0.29, 0.717) is 18.2 Å². The predicted molar refractivity (Wildman–Crippen MR) is 70.0 cm³/mol. The Kier molecular flexibility index (Phi) is 3.53. The van der Waals surface area contributed by atoms with Crippen LogP contribution in [0.2, 0.25) is 0 Å². The minimum Gasteiger partial charge on any atom is -0.375 e. The van der Waals surface area contributed by atoms with E-state index in [9.17, 15) is 0 Å². The van der Waals surface area contributed by atoms with E-state index in [4.69, 9.17) is 4.74 Å². The van der Waals surface area contributed by atoms with Gasteiger partial charge in [0, 0.05) is 12.0 Å². The van der Waals surface area contributed by atoms with E-state index in [1.165, 1.54) is 44.9 Å². The highest BCUT2D eigenvalue weighted by Gasteiger charge is 2.44. The molecule has 4 atom stereocenters. The molecular weight excluding hydrogens is 210 g/mol. The van der Waals surface area contributed by atoms with Crippen molar-refractivity contribution in [3.63, 3.8) is 0 Å². The lowest BCUT2D eigenvalue weighted by Gasteiger charge is -2.32. The summed E-state index contributed by atoms with van der Waals surface area (Å²) in [6.07, 6.45) is 12.9. The third-order valence-corrected chi connectivity index (χ3v) is 4.73. The lowest BCUT2D eigenvalue weighted by Crippen LogP contribution is -2.42. The molecule has 0 radical (unpaired) electrons. The zero-order valence-corrected chi connectivity index (χ0v) is 11.0. The summed E-state index contributed by atoms with van der Waals surface area (Å²) in [6.45, 7) is 3.31. The van der Waals surface area contributed by atoms with Gasteiger partial charge in [0.25, 0.3) is 0 Å². The second-order valence-electron chi connectivity index (χ2n) is 5.83. The van der Waals surface area contributed by atoms with Crippen molar-refractivity contribution in [1.29, 1.82) is 0 Å². The molecule has 0 aromatic heterocycles. The van der Waals surface area contributed by atoms with Gasteiger partial charge < -0.3 is 10.1 Å². The van der Waals surface area contributed by atoms with Gasteiger partial charge in [0.15, 0.2) is 0 Å². The van der Waals surface area contributed by atoms with E-state index in [1.54, 1.807) is 5.57 Å². The first-order valence-corrected chi connectivity index (χ1v) is 7.46. The van der Waals surface area contributed by atoms with E-state index in [0.717, 1.165) is 12.5 Å². The molecule has 3 rings (SSSR count). The van der Waals surface area contributed by atoms with Crippen LogP contribution >= 0.6 is 0 Å². The maximum absolute atomic E-state index is 6.04. The van der Waals surface area contributed by atoms with Crippen molar-refractivity contribution in [1.82, 2.24) is 5.32 Å². The molecule has 0 spiro atoms. The molecule has 2 heteroatoms. The van der Waals surface area contributed by atoms with Crippen molar-refractivity contribution >= 4 is 0 Å². The van der Waals surface area contributed by atoms with E-state index < -0.39 is 0 Å². The van der Waals surface area contributed by atoms with Crippen LogP contribution < -0.4 is 5.32 Å². The van der Waals surface area contributed by atoms with Crippen LogP contribution in [0.15, 0.2) is 11.6 Å². The van der Waals surface area contributed by atoms with Gasteiger partial charge in [0.1, 0.15) is 0 Å². The Morgan fingerprint density at radius 2 is 2.35 bits per heavy atom. The minimum absolute atomic E-state index is 0.548. The van der Waals surface area contributed by atoms with Crippen LogP contribution in [0.1, 0.15) is 51.9 Å². The van der Waals surface area contributed by atoms with Crippen molar-refractivity contribution < 1.29 is 4.74 Å². The Hall–Kier alpha value is -0.340. The highest BCUT2D eigenvalue weighted by molar-refractivity contribution is 5.17. The molecule has 2 bridgehead atoms. The Labute approximate surface area is 105 Å². The summed E-state index contributed by atoms with van der Waals surface area (Å²) < 4.78 is 6.04. The summed E-state index contributed by atoms with van der Waals surface area (Å²) in [5.74, 6) is 0.748. The number of allylic oxidation sites excluding steroid dienone is 1. The first-order valence-electron chi connectivity index (χ1n) is 7.46. The van der Waals surface area contributed by atoms with Gasteiger partial charge in [-0.05, 0) is 51.5 Å². The average molecular weight is 235 g/mol. The zero-order valence-electron chi connectivity index (χ0n) is 11.0. The molecule has 0 saturated carbocycles. The fourth-order valence-corrected chi connectivity index (χ4v) is 3.95. The summed E-state index contributed by atoms with van der Waals surface area (Å²) in [4.78, 5) is 0. The number of hydrogen-bond acceptors (Lipinski definition) is 2. The predicted octanol–water partition coefficient (Wildman–Crippen LogP) is 3.03. The molecule has 0 aromatic rings. The van der Waals surface area contributed by atoms with Gasteiger partial charge in [-0.1, -0.05) is 18.6 Å². The Balaban J connectivity index is 1.73. The van der Waals surface area contributed by atoms with Crippen LogP contribution in [0.3, 0.4) is 0 Å². The van der Waals surface area contributed by atoms with Crippen LogP contribution in [0.5, 0.6) is 0 Å². The number of likely N-dealkylation sites (N-methyl/N-ethyl adjacent to an activating group) is 1. The lowest BCUT2D eigenvalue weighted by molar-refractivity contribution is 0.0879. The van der Waals surface area contributed by atoms with E-state index in [1.807, 2.05) is 0 Å². The summed E-state index contributed by atoms with van der Waals surface area (Å²) in [6, 6.07) is 0.607. The third kappa shape index (κ3) is 2.30. The standard InChI is InChI=1S/C15H25NO/c1-2-16-15(11-6-4-3-5-7-11)13-10-12-8-9-14(13)17-12/h6,12-16H,2-5,7-10H2,1H3. The smallest absolute Gasteiger partial charge is 0.0627 e. The van der Waals surface area contributed by atoms with Crippen molar-refractivity contribution in [2.75, 3.05) is 6.54 Å². The molecule has 96 valence electrons. The van der Waals surface area contributed by atoms with Gasteiger partial charge in [0.2, 0.25) is 0 Å². The lowest BCUT2D eigenvalue weighted by atomic mass is 9.78. The zero-order chi connectivity index (χ0) is 11.7. The molecule has 4 unspecified atom stereocenters. The maximum atomic E-state index is 6.04. The van der Waals surface area contributed by atoms with Crippen LogP contribution in [0, 0.1) is 5.92 Å². The van der Waals surface area contributed by atoms with Gasteiger partial charge in [-0.15, -0.1) is 0 Å².